The Morgan fingerprint density at radius 3 is 2.50 bits per heavy atom. The fourth-order valence-corrected chi connectivity index (χ4v) is 2.47. The number of aldehydes is 1. The average Bonchev–Trinajstić information content (AvgIpc) is 2.51. The molecule has 0 heterocycles. The summed E-state index contributed by atoms with van der Waals surface area (Å²) >= 11 is 0. The topological polar surface area (TPSA) is 35.5 Å². The first kappa shape index (κ1) is 16.0. The van der Waals surface area contributed by atoms with E-state index in [1.54, 1.807) is 12.1 Å². The molecule has 0 aliphatic heterocycles. The Balaban J connectivity index is 2.26. The monoisotopic (exact) mass is 296 g/mol. The largest absolute Gasteiger partial charge is 0.468 e. The van der Waals surface area contributed by atoms with Crippen LogP contribution < -0.4 is 4.74 Å². The predicted molar refractivity (Wildman–Crippen MR) is 88.4 cm³/mol. The lowest BCUT2D eigenvalue weighted by Crippen LogP contribution is -2.03. The van der Waals surface area contributed by atoms with Crippen LogP contribution in [0.25, 0.3) is 11.1 Å². The van der Waals surface area contributed by atoms with Gasteiger partial charge in [0, 0.05) is 5.56 Å². The van der Waals surface area contributed by atoms with Gasteiger partial charge in [0.1, 0.15) is 12.0 Å². The lowest BCUT2D eigenvalue weighted by molar-refractivity contribution is 0.0307. The van der Waals surface area contributed by atoms with Gasteiger partial charge in [-0.1, -0.05) is 24.3 Å². The van der Waals surface area contributed by atoms with Crippen molar-refractivity contribution in [1.29, 1.82) is 0 Å². The lowest BCUT2D eigenvalue weighted by atomic mass is 9.94. The van der Waals surface area contributed by atoms with E-state index >= 15 is 0 Å². The number of ether oxygens (including phenoxy) is 2. The molecule has 2 aromatic rings. The van der Waals surface area contributed by atoms with E-state index in [2.05, 4.69) is 6.58 Å². The maximum Gasteiger partial charge on any atom is 0.189 e. The van der Waals surface area contributed by atoms with E-state index < -0.39 is 0 Å². The highest BCUT2D eigenvalue weighted by atomic mass is 16.7. The number of hydrogen-bond donors (Lipinski definition) is 0. The molecule has 0 aromatic heterocycles. The SMILES string of the molecule is C=CCOCOc1cc(C)c(-c2cccc(C=O)c2)c(C)c1. The van der Waals surface area contributed by atoms with E-state index in [1.807, 2.05) is 44.2 Å². The Bertz CT molecular complexity index is 651. The van der Waals surface area contributed by atoms with Gasteiger partial charge in [-0.25, -0.2) is 0 Å². The van der Waals surface area contributed by atoms with Crippen LogP contribution in [0.15, 0.2) is 49.1 Å². The molecule has 0 N–H and O–H groups in total. The first-order valence-electron chi connectivity index (χ1n) is 7.14. The molecule has 0 radical (unpaired) electrons. The summed E-state index contributed by atoms with van der Waals surface area (Å²) in [7, 11) is 0. The minimum atomic E-state index is 0.199. The van der Waals surface area contributed by atoms with Gasteiger partial charge in [0.2, 0.25) is 0 Å². The maximum atomic E-state index is 10.9. The number of rotatable bonds is 7. The third-order valence-electron chi connectivity index (χ3n) is 3.36. The Kier molecular flexibility index (Phi) is 5.50. The van der Waals surface area contributed by atoms with Gasteiger partial charge >= 0.3 is 0 Å². The highest BCUT2D eigenvalue weighted by Gasteiger charge is 2.09. The number of carbonyl (C=O) groups excluding carboxylic acids is 1. The van der Waals surface area contributed by atoms with E-state index in [9.17, 15) is 4.79 Å². The standard InChI is InChI=1S/C19H20O3/c1-4-8-21-13-22-18-9-14(2)19(15(3)10-18)17-7-5-6-16(11-17)12-20/h4-7,9-12H,1,8,13H2,2-3H3. The molecule has 22 heavy (non-hydrogen) atoms. The molecule has 0 saturated carbocycles. The third kappa shape index (κ3) is 3.83. The van der Waals surface area contributed by atoms with Crippen molar-refractivity contribution in [2.45, 2.75) is 13.8 Å². The van der Waals surface area contributed by atoms with Crippen LogP contribution in [0.3, 0.4) is 0 Å². The zero-order valence-corrected chi connectivity index (χ0v) is 13.0. The second-order valence-corrected chi connectivity index (χ2v) is 5.10. The summed E-state index contributed by atoms with van der Waals surface area (Å²) in [6.07, 6.45) is 2.55. The molecule has 2 aromatic carbocycles. The first-order chi connectivity index (χ1) is 10.7. The molecular formula is C19H20O3. The number of benzene rings is 2. The van der Waals surface area contributed by atoms with Gasteiger partial charge in [0.15, 0.2) is 6.79 Å². The van der Waals surface area contributed by atoms with Crippen LogP contribution in [-0.4, -0.2) is 19.7 Å². The molecule has 114 valence electrons. The summed E-state index contributed by atoms with van der Waals surface area (Å²) in [4.78, 5) is 10.9. The van der Waals surface area contributed by atoms with Gasteiger partial charge < -0.3 is 9.47 Å². The molecule has 0 unspecified atom stereocenters. The maximum absolute atomic E-state index is 10.9. The summed E-state index contributed by atoms with van der Waals surface area (Å²) in [5, 5.41) is 0. The van der Waals surface area contributed by atoms with Crippen LogP contribution in [-0.2, 0) is 4.74 Å². The van der Waals surface area contributed by atoms with Crippen LogP contribution in [0.1, 0.15) is 21.5 Å². The van der Waals surface area contributed by atoms with Crippen molar-refractivity contribution >= 4 is 6.29 Å². The van der Waals surface area contributed by atoms with Gasteiger partial charge in [-0.2, -0.15) is 0 Å². The second-order valence-electron chi connectivity index (χ2n) is 5.10. The number of hydrogen-bond acceptors (Lipinski definition) is 3. The third-order valence-corrected chi connectivity index (χ3v) is 3.36. The molecule has 0 aliphatic carbocycles. The Morgan fingerprint density at radius 1 is 1.14 bits per heavy atom. The van der Waals surface area contributed by atoms with E-state index in [4.69, 9.17) is 9.47 Å². The molecular weight excluding hydrogens is 276 g/mol. The summed E-state index contributed by atoms with van der Waals surface area (Å²) in [5.74, 6) is 0.773. The summed E-state index contributed by atoms with van der Waals surface area (Å²) in [6.45, 7) is 8.32. The molecule has 0 bridgehead atoms. The zero-order valence-electron chi connectivity index (χ0n) is 13.0. The molecule has 2 rings (SSSR count). The molecule has 0 spiro atoms. The number of aryl methyl sites for hydroxylation is 2. The summed E-state index contributed by atoms with van der Waals surface area (Å²) in [6, 6.07) is 11.6. The minimum absolute atomic E-state index is 0.199. The highest BCUT2D eigenvalue weighted by Crippen LogP contribution is 2.31. The van der Waals surface area contributed by atoms with Crippen molar-refractivity contribution in [1.82, 2.24) is 0 Å². The van der Waals surface area contributed by atoms with Crippen molar-refractivity contribution in [3.05, 3.63) is 65.7 Å². The minimum Gasteiger partial charge on any atom is -0.468 e. The van der Waals surface area contributed by atoms with Gasteiger partial charge in [-0.05, 0) is 54.3 Å². The fraction of sp³-hybridized carbons (Fsp3) is 0.211. The first-order valence-corrected chi connectivity index (χ1v) is 7.14. The van der Waals surface area contributed by atoms with Crippen molar-refractivity contribution in [3.63, 3.8) is 0 Å². The molecule has 0 aliphatic rings. The molecule has 0 saturated heterocycles. The quantitative estimate of drug-likeness (QED) is 0.330. The van der Waals surface area contributed by atoms with Gasteiger partial charge in [0.05, 0.1) is 6.61 Å². The fourth-order valence-electron chi connectivity index (χ4n) is 2.47. The average molecular weight is 296 g/mol. The van der Waals surface area contributed by atoms with E-state index in [1.165, 1.54) is 0 Å². The Hall–Kier alpha value is -2.39. The molecule has 3 heteroatoms. The van der Waals surface area contributed by atoms with Crippen LogP contribution in [0.4, 0.5) is 0 Å². The highest BCUT2D eigenvalue weighted by molar-refractivity contribution is 5.80. The Morgan fingerprint density at radius 2 is 1.86 bits per heavy atom. The Labute approximate surface area is 131 Å². The molecule has 0 amide bonds. The molecule has 0 atom stereocenters. The summed E-state index contributed by atoms with van der Waals surface area (Å²) in [5.41, 5.74) is 5.04. The van der Waals surface area contributed by atoms with E-state index in [0.29, 0.717) is 12.2 Å². The van der Waals surface area contributed by atoms with Gasteiger partial charge in [-0.15, -0.1) is 6.58 Å². The van der Waals surface area contributed by atoms with Gasteiger partial charge in [-0.3, -0.25) is 4.79 Å². The van der Waals surface area contributed by atoms with Crippen molar-refractivity contribution in [2.24, 2.45) is 0 Å². The van der Waals surface area contributed by atoms with Crippen LogP contribution in [0.5, 0.6) is 5.75 Å². The molecule has 3 nitrogen and oxygen atoms in total. The predicted octanol–water partition coefficient (Wildman–Crippen LogP) is 4.32. The van der Waals surface area contributed by atoms with E-state index in [0.717, 1.165) is 34.3 Å². The second kappa shape index (κ2) is 7.57. The lowest BCUT2D eigenvalue weighted by Gasteiger charge is -2.14. The van der Waals surface area contributed by atoms with Gasteiger partial charge in [0.25, 0.3) is 0 Å². The van der Waals surface area contributed by atoms with Crippen LogP contribution in [0, 0.1) is 13.8 Å². The number of carbonyl (C=O) groups is 1. The zero-order chi connectivity index (χ0) is 15.9. The van der Waals surface area contributed by atoms with Crippen LogP contribution in [0.2, 0.25) is 0 Å². The van der Waals surface area contributed by atoms with E-state index in [-0.39, 0.29) is 6.79 Å². The molecule has 0 fully saturated rings. The summed E-state index contributed by atoms with van der Waals surface area (Å²) < 4.78 is 10.8. The van der Waals surface area contributed by atoms with Crippen molar-refractivity contribution in [2.75, 3.05) is 13.4 Å². The smallest absolute Gasteiger partial charge is 0.189 e. The van der Waals surface area contributed by atoms with Crippen molar-refractivity contribution in [3.8, 4) is 16.9 Å². The van der Waals surface area contributed by atoms with Crippen molar-refractivity contribution < 1.29 is 14.3 Å². The van der Waals surface area contributed by atoms with Crippen LogP contribution >= 0.6 is 0 Å². The normalized spacial score (nSPS) is 10.3.